The Balaban J connectivity index is 1.89. The van der Waals surface area contributed by atoms with Crippen LogP contribution in [0.1, 0.15) is 64.4 Å². The Kier molecular flexibility index (Phi) is 5.92. The maximum Gasteiger partial charge on any atom is 0.180 e. The topological polar surface area (TPSA) is 64.6 Å². The van der Waals surface area contributed by atoms with Gasteiger partial charge < -0.3 is 14.8 Å². The van der Waals surface area contributed by atoms with Gasteiger partial charge in [-0.3, -0.25) is 9.59 Å². The fraction of sp³-hybridized carbons (Fsp3) is 0.500. The van der Waals surface area contributed by atoms with Crippen molar-refractivity contribution in [3.63, 3.8) is 0 Å². The highest BCUT2D eigenvalue weighted by Crippen LogP contribution is 2.49. The second-order valence-electron chi connectivity index (χ2n) is 8.34. The molecule has 0 fully saturated rings. The molecule has 1 aromatic rings. The van der Waals surface area contributed by atoms with Crippen LogP contribution >= 0.6 is 11.6 Å². The van der Waals surface area contributed by atoms with Gasteiger partial charge in [0, 0.05) is 35.7 Å². The molecule has 1 heterocycles. The van der Waals surface area contributed by atoms with Gasteiger partial charge in [-0.25, -0.2) is 0 Å². The minimum Gasteiger partial charge on any atom is -0.490 e. The van der Waals surface area contributed by atoms with Gasteiger partial charge in [-0.15, -0.1) is 0 Å². The van der Waals surface area contributed by atoms with Crippen molar-refractivity contribution in [2.75, 3.05) is 6.61 Å². The van der Waals surface area contributed by atoms with E-state index in [4.69, 9.17) is 21.1 Å². The van der Waals surface area contributed by atoms with Crippen LogP contribution in [0.3, 0.4) is 0 Å². The number of rotatable bonds is 5. The first-order chi connectivity index (χ1) is 14.4. The molecule has 1 aliphatic heterocycles. The van der Waals surface area contributed by atoms with E-state index in [1.54, 1.807) is 0 Å². The number of ether oxygens (including phenoxy) is 2. The summed E-state index contributed by atoms with van der Waals surface area (Å²) in [5, 5.41) is 3.85. The van der Waals surface area contributed by atoms with Gasteiger partial charge in [-0.2, -0.15) is 0 Å². The van der Waals surface area contributed by atoms with E-state index in [9.17, 15) is 9.59 Å². The van der Waals surface area contributed by atoms with E-state index < -0.39 is 0 Å². The molecule has 0 radical (unpaired) electrons. The van der Waals surface area contributed by atoms with Gasteiger partial charge in [0.1, 0.15) is 5.78 Å². The highest BCUT2D eigenvalue weighted by atomic mass is 35.5. The normalized spacial score (nSPS) is 23.6. The summed E-state index contributed by atoms with van der Waals surface area (Å²) in [5.74, 6) is 0.585. The number of ketones is 2. The molecule has 0 spiro atoms. The Hall–Kier alpha value is -2.27. The molecule has 2 unspecified atom stereocenters. The maximum atomic E-state index is 13.0. The quantitative estimate of drug-likeness (QED) is 0.706. The van der Waals surface area contributed by atoms with E-state index in [1.807, 2.05) is 32.9 Å². The summed E-state index contributed by atoms with van der Waals surface area (Å²) in [6.07, 6.45) is 5.42. The number of Topliss-reactive ketones (excluding diaryl/α,β-unsaturated/α-hetero) is 2. The molecule has 30 heavy (non-hydrogen) atoms. The van der Waals surface area contributed by atoms with Crippen LogP contribution in [0.25, 0.3) is 0 Å². The number of halogens is 1. The van der Waals surface area contributed by atoms with E-state index in [0.29, 0.717) is 36.0 Å². The molecule has 0 saturated carbocycles. The first kappa shape index (κ1) is 21.0. The first-order valence-electron chi connectivity index (χ1n) is 10.8. The van der Waals surface area contributed by atoms with E-state index >= 15 is 0 Å². The fourth-order valence-electron chi connectivity index (χ4n) is 4.75. The molecule has 0 saturated heterocycles. The van der Waals surface area contributed by atoms with Crippen LogP contribution in [0.15, 0.2) is 35.2 Å². The highest BCUT2D eigenvalue weighted by Gasteiger charge is 2.44. The molecule has 0 aromatic heterocycles. The van der Waals surface area contributed by atoms with Crippen molar-refractivity contribution in [3.05, 3.63) is 45.8 Å². The number of benzene rings is 1. The summed E-state index contributed by atoms with van der Waals surface area (Å²) in [4.78, 5) is 26.0. The van der Waals surface area contributed by atoms with E-state index in [-0.39, 0.29) is 29.5 Å². The van der Waals surface area contributed by atoms with E-state index in [1.165, 1.54) is 0 Å². The van der Waals surface area contributed by atoms with Crippen molar-refractivity contribution in [3.8, 4) is 11.5 Å². The molecule has 5 nitrogen and oxygen atoms in total. The van der Waals surface area contributed by atoms with E-state index in [0.717, 1.165) is 41.8 Å². The van der Waals surface area contributed by atoms with Crippen LogP contribution in [0.2, 0.25) is 5.02 Å². The third-order valence-corrected chi connectivity index (χ3v) is 6.16. The predicted molar refractivity (Wildman–Crippen MR) is 116 cm³/mol. The number of hydrogen-bond donors (Lipinski definition) is 1. The lowest BCUT2D eigenvalue weighted by atomic mass is 9.68. The smallest absolute Gasteiger partial charge is 0.180 e. The first-order valence-corrected chi connectivity index (χ1v) is 11.2. The molecule has 2 atom stereocenters. The second kappa shape index (κ2) is 8.46. The van der Waals surface area contributed by atoms with Crippen LogP contribution in [0.4, 0.5) is 0 Å². The summed E-state index contributed by atoms with van der Waals surface area (Å²) < 4.78 is 11.8. The molecule has 160 valence electrons. The number of allylic oxidation sites excluding steroid dienone is 4. The van der Waals surface area contributed by atoms with Gasteiger partial charge in [0.2, 0.25) is 0 Å². The SMILES string of the molecule is CCOc1cc(C2C3=C(CCCC3=O)NC3=CCCC(=O)C32)cc(Cl)c1OC(C)C. The summed E-state index contributed by atoms with van der Waals surface area (Å²) in [6.45, 7) is 6.23. The monoisotopic (exact) mass is 429 g/mol. The zero-order valence-corrected chi connectivity index (χ0v) is 18.5. The van der Waals surface area contributed by atoms with Gasteiger partial charge >= 0.3 is 0 Å². The van der Waals surface area contributed by atoms with Gasteiger partial charge in [0.05, 0.1) is 23.7 Å². The summed E-state index contributed by atoms with van der Waals surface area (Å²) >= 11 is 6.64. The molecule has 6 heteroatoms. The molecular weight excluding hydrogens is 402 g/mol. The lowest BCUT2D eigenvalue weighted by Crippen LogP contribution is -2.42. The van der Waals surface area contributed by atoms with E-state index in [2.05, 4.69) is 11.4 Å². The van der Waals surface area contributed by atoms with Crippen LogP contribution in [-0.2, 0) is 9.59 Å². The van der Waals surface area contributed by atoms with Crippen molar-refractivity contribution in [2.45, 2.75) is 64.9 Å². The number of fused-ring (bicyclic) bond motifs is 1. The van der Waals surface area contributed by atoms with Crippen molar-refractivity contribution in [2.24, 2.45) is 5.92 Å². The Morgan fingerprint density at radius 3 is 2.70 bits per heavy atom. The summed E-state index contributed by atoms with van der Waals surface area (Å²) in [5.41, 5.74) is 3.43. The number of nitrogens with one attached hydrogen (secondary N) is 1. The number of carbonyl (C=O) groups is 2. The van der Waals surface area contributed by atoms with Gasteiger partial charge in [0.15, 0.2) is 17.3 Å². The molecular formula is C24H28ClNO4. The average Bonchev–Trinajstić information content (AvgIpc) is 2.69. The lowest BCUT2D eigenvalue weighted by molar-refractivity contribution is -0.123. The average molecular weight is 430 g/mol. The molecule has 2 aliphatic carbocycles. The summed E-state index contributed by atoms with van der Waals surface area (Å²) in [7, 11) is 0. The number of hydrogen-bond acceptors (Lipinski definition) is 5. The Morgan fingerprint density at radius 2 is 1.97 bits per heavy atom. The van der Waals surface area contributed by atoms with Gasteiger partial charge in [-0.1, -0.05) is 17.7 Å². The molecule has 0 amide bonds. The number of carbonyl (C=O) groups excluding carboxylic acids is 2. The zero-order chi connectivity index (χ0) is 21.4. The van der Waals surface area contributed by atoms with Crippen molar-refractivity contribution in [1.29, 1.82) is 0 Å². The molecule has 4 rings (SSSR count). The molecule has 3 aliphatic rings. The van der Waals surface area contributed by atoms with Gasteiger partial charge in [0.25, 0.3) is 0 Å². The van der Waals surface area contributed by atoms with Crippen molar-refractivity contribution in [1.82, 2.24) is 5.32 Å². The predicted octanol–water partition coefficient (Wildman–Crippen LogP) is 5.08. The van der Waals surface area contributed by atoms with Crippen molar-refractivity contribution >= 4 is 23.2 Å². The summed E-state index contributed by atoms with van der Waals surface area (Å²) in [6, 6.07) is 3.73. The van der Waals surface area contributed by atoms with Crippen LogP contribution in [0, 0.1) is 5.92 Å². The third-order valence-electron chi connectivity index (χ3n) is 5.88. The van der Waals surface area contributed by atoms with Crippen molar-refractivity contribution < 1.29 is 19.1 Å². The zero-order valence-electron chi connectivity index (χ0n) is 17.7. The minimum absolute atomic E-state index is 0.0601. The Labute approximate surface area is 182 Å². The highest BCUT2D eigenvalue weighted by molar-refractivity contribution is 6.32. The second-order valence-corrected chi connectivity index (χ2v) is 8.75. The fourth-order valence-corrected chi connectivity index (χ4v) is 5.02. The van der Waals surface area contributed by atoms with Crippen LogP contribution < -0.4 is 14.8 Å². The Morgan fingerprint density at radius 1 is 1.17 bits per heavy atom. The Bertz CT molecular complexity index is 947. The molecule has 1 aromatic carbocycles. The van der Waals surface area contributed by atoms with Gasteiger partial charge in [-0.05, 0) is 57.7 Å². The molecule has 0 bridgehead atoms. The largest absolute Gasteiger partial charge is 0.490 e. The third kappa shape index (κ3) is 3.76. The standard InChI is InChI=1S/C24H28ClNO4/c1-4-29-20-12-14(11-15(25)24(20)30-13(2)3)21-22-16(7-5-9-18(22)27)26-17-8-6-10-19(28)23(17)21/h7,11-13,21-22,26H,4-6,8-10H2,1-3H3. The lowest BCUT2D eigenvalue weighted by Gasteiger charge is -2.40. The van der Waals surface area contributed by atoms with Crippen LogP contribution in [0.5, 0.6) is 11.5 Å². The van der Waals surface area contributed by atoms with Crippen LogP contribution in [-0.4, -0.2) is 24.3 Å². The minimum atomic E-state index is -0.387. The maximum absolute atomic E-state index is 13.0. The molecule has 1 N–H and O–H groups in total.